The minimum absolute atomic E-state index is 0.339. The molecule has 1 aromatic heterocycles. The predicted octanol–water partition coefficient (Wildman–Crippen LogP) is 5.49. The van der Waals surface area contributed by atoms with Crippen LogP contribution in [0.4, 0.5) is 0 Å². The highest BCUT2D eigenvalue weighted by Gasteiger charge is 2.08. The van der Waals surface area contributed by atoms with Crippen LogP contribution in [0.15, 0.2) is 11.6 Å². The molecule has 0 aliphatic rings. The zero-order valence-electron chi connectivity index (χ0n) is 12.3. The fourth-order valence-electron chi connectivity index (χ4n) is 2.35. The third-order valence-corrected chi connectivity index (χ3v) is 4.44. The van der Waals surface area contributed by atoms with Gasteiger partial charge in [0.15, 0.2) is 0 Å². The summed E-state index contributed by atoms with van der Waals surface area (Å²) < 4.78 is 0. The van der Waals surface area contributed by atoms with Crippen LogP contribution in [-0.2, 0) is 0 Å². The summed E-state index contributed by atoms with van der Waals surface area (Å²) in [7, 11) is 0. The molecule has 1 N–H and O–H groups in total. The number of rotatable bonds is 12. The number of hydrogen-bond acceptors (Lipinski definition) is 3. The van der Waals surface area contributed by atoms with Gasteiger partial charge in [0.2, 0.25) is 0 Å². The number of unbranched alkanes of at least 4 members (excludes halogenated alkanes) is 9. The summed E-state index contributed by atoms with van der Waals surface area (Å²) in [6, 6.07) is 0. The first kappa shape index (κ1) is 16.6. The van der Waals surface area contributed by atoms with Gasteiger partial charge >= 0.3 is 0 Å². The van der Waals surface area contributed by atoms with E-state index in [4.69, 9.17) is 0 Å². The Hall–Kier alpha value is -0.410. The van der Waals surface area contributed by atoms with Gasteiger partial charge < -0.3 is 5.11 Å². The van der Waals surface area contributed by atoms with Crippen molar-refractivity contribution in [3.63, 3.8) is 0 Å². The van der Waals surface area contributed by atoms with Crippen LogP contribution < -0.4 is 0 Å². The van der Waals surface area contributed by atoms with Crippen molar-refractivity contribution in [3.05, 3.63) is 16.6 Å². The Kier molecular flexibility index (Phi) is 10.0. The Labute approximate surface area is 122 Å². The zero-order valence-corrected chi connectivity index (χ0v) is 13.1. The summed E-state index contributed by atoms with van der Waals surface area (Å²) in [5, 5.41) is 12.7. The topological polar surface area (TPSA) is 33.1 Å². The van der Waals surface area contributed by atoms with Crippen molar-refractivity contribution in [2.24, 2.45) is 0 Å². The van der Waals surface area contributed by atoms with Crippen LogP contribution in [0.2, 0.25) is 0 Å². The number of nitrogens with zero attached hydrogens (tertiary/aromatic N) is 1. The lowest BCUT2D eigenvalue weighted by molar-refractivity contribution is 0.163. The van der Waals surface area contributed by atoms with Crippen LogP contribution in [0.3, 0.4) is 0 Å². The Bertz CT molecular complexity index is 287. The number of aliphatic hydroxyl groups excluding tert-OH is 1. The van der Waals surface area contributed by atoms with Crippen molar-refractivity contribution in [3.8, 4) is 0 Å². The van der Waals surface area contributed by atoms with Crippen LogP contribution in [0.25, 0.3) is 0 Å². The predicted molar refractivity (Wildman–Crippen MR) is 83.5 cm³/mol. The van der Waals surface area contributed by atoms with E-state index in [1.54, 1.807) is 17.5 Å². The van der Waals surface area contributed by atoms with E-state index in [1.165, 1.54) is 57.8 Å². The normalized spacial score (nSPS) is 12.7. The fourth-order valence-corrected chi connectivity index (χ4v) is 3.01. The molecule has 1 aromatic rings. The summed E-state index contributed by atoms with van der Waals surface area (Å²) in [5.41, 5.74) is 0. The van der Waals surface area contributed by atoms with E-state index in [-0.39, 0.29) is 6.10 Å². The van der Waals surface area contributed by atoms with Crippen LogP contribution in [0.1, 0.15) is 88.7 Å². The molecule has 1 rings (SSSR count). The van der Waals surface area contributed by atoms with Crippen LogP contribution in [-0.4, -0.2) is 10.1 Å². The first-order chi connectivity index (χ1) is 9.34. The molecule has 0 saturated heterocycles. The summed E-state index contributed by atoms with van der Waals surface area (Å²) in [4.78, 5) is 4.15. The van der Waals surface area contributed by atoms with Crippen LogP contribution >= 0.6 is 11.3 Å². The molecule has 2 nitrogen and oxygen atoms in total. The monoisotopic (exact) mass is 283 g/mol. The van der Waals surface area contributed by atoms with E-state index in [0.717, 1.165) is 17.8 Å². The second kappa shape index (κ2) is 11.4. The maximum Gasteiger partial charge on any atom is 0.121 e. The SMILES string of the molecule is CCCCCCCCCCCCC(O)c1nccs1. The highest BCUT2D eigenvalue weighted by atomic mass is 32.1. The Balaban J connectivity index is 1.83. The summed E-state index contributed by atoms with van der Waals surface area (Å²) in [6.07, 6.45) is 15.7. The average Bonchev–Trinajstić information content (AvgIpc) is 2.95. The Morgan fingerprint density at radius 2 is 1.58 bits per heavy atom. The second-order valence-corrected chi connectivity index (χ2v) is 6.28. The van der Waals surface area contributed by atoms with Gasteiger partial charge in [-0.1, -0.05) is 71.1 Å². The quantitative estimate of drug-likeness (QED) is 0.515. The third-order valence-electron chi connectivity index (χ3n) is 3.57. The maximum absolute atomic E-state index is 9.88. The Morgan fingerprint density at radius 1 is 1.00 bits per heavy atom. The molecule has 0 bridgehead atoms. The van der Waals surface area contributed by atoms with Crippen molar-refractivity contribution >= 4 is 11.3 Å². The number of aliphatic hydroxyl groups is 1. The molecule has 110 valence electrons. The van der Waals surface area contributed by atoms with Gasteiger partial charge in [0.25, 0.3) is 0 Å². The van der Waals surface area contributed by atoms with Gasteiger partial charge in [0.1, 0.15) is 11.1 Å². The highest BCUT2D eigenvalue weighted by molar-refractivity contribution is 7.09. The maximum atomic E-state index is 9.88. The molecule has 0 amide bonds. The Morgan fingerprint density at radius 3 is 2.11 bits per heavy atom. The molecule has 0 fully saturated rings. The standard InChI is InChI=1S/C16H29NOS/c1-2-3-4-5-6-7-8-9-10-11-12-15(18)16-17-13-14-19-16/h13-15,18H,2-12H2,1H3. The van der Waals surface area contributed by atoms with Gasteiger partial charge in [0, 0.05) is 11.6 Å². The number of thiazole rings is 1. The second-order valence-electron chi connectivity index (χ2n) is 5.36. The molecule has 0 aromatic carbocycles. The molecule has 0 spiro atoms. The summed E-state index contributed by atoms with van der Waals surface area (Å²) in [5.74, 6) is 0. The largest absolute Gasteiger partial charge is 0.386 e. The molecule has 1 unspecified atom stereocenters. The lowest BCUT2D eigenvalue weighted by Crippen LogP contribution is -1.96. The summed E-state index contributed by atoms with van der Waals surface area (Å²) >= 11 is 1.55. The van der Waals surface area contributed by atoms with Crippen molar-refractivity contribution in [1.29, 1.82) is 0 Å². The average molecular weight is 283 g/mol. The molecule has 0 aliphatic carbocycles. The van der Waals surface area contributed by atoms with E-state index < -0.39 is 0 Å². The molecule has 19 heavy (non-hydrogen) atoms. The highest BCUT2D eigenvalue weighted by Crippen LogP contribution is 2.21. The van der Waals surface area contributed by atoms with Crippen molar-refractivity contribution in [2.75, 3.05) is 0 Å². The van der Waals surface area contributed by atoms with Gasteiger partial charge in [-0.15, -0.1) is 11.3 Å². The van der Waals surface area contributed by atoms with E-state index in [9.17, 15) is 5.11 Å². The molecular weight excluding hydrogens is 254 g/mol. The lowest BCUT2D eigenvalue weighted by atomic mass is 10.0. The van der Waals surface area contributed by atoms with E-state index >= 15 is 0 Å². The van der Waals surface area contributed by atoms with Crippen LogP contribution in [0.5, 0.6) is 0 Å². The van der Waals surface area contributed by atoms with Crippen LogP contribution in [0, 0.1) is 0 Å². The van der Waals surface area contributed by atoms with Gasteiger partial charge in [-0.25, -0.2) is 4.98 Å². The van der Waals surface area contributed by atoms with E-state index in [1.807, 2.05) is 5.38 Å². The van der Waals surface area contributed by atoms with Crippen molar-refractivity contribution < 1.29 is 5.11 Å². The molecule has 1 heterocycles. The minimum Gasteiger partial charge on any atom is -0.386 e. The van der Waals surface area contributed by atoms with E-state index in [0.29, 0.717) is 0 Å². The molecule has 0 radical (unpaired) electrons. The van der Waals surface area contributed by atoms with E-state index in [2.05, 4.69) is 11.9 Å². The molecule has 0 aliphatic heterocycles. The smallest absolute Gasteiger partial charge is 0.121 e. The third kappa shape index (κ3) is 8.38. The minimum atomic E-state index is -0.339. The van der Waals surface area contributed by atoms with Gasteiger partial charge in [-0.05, 0) is 6.42 Å². The molecule has 1 atom stereocenters. The summed E-state index contributed by atoms with van der Waals surface area (Å²) in [6.45, 7) is 2.26. The van der Waals surface area contributed by atoms with Gasteiger partial charge in [-0.2, -0.15) is 0 Å². The van der Waals surface area contributed by atoms with Crippen molar-refractivity contribution in [2.45, 2.75) is 83.7 Å². The fraction of sp³-hybridized carbons (Fsp3) is 0.812. The first-order valence-electron chi connectivity index (χ1n) is 7.92. The molecule has 0 saturated carbocycles. The van der Waals surface area contributed by atoms with Gasteiger partial charge in [0.05, 0.1) is 0 Å². The number of aromatic nitrogens is 1. The van der Waals surface area contributed by atoms with Crippen molar-refractivity contribution in [1.82, 2.24) is 4.98 Å². The molecule has 3 heteroatoms. The first-order valence-corrected chi connectivity index (χ1v) is 8.80. The van der Waals surface area contributed by atoms with Gasteiger partial charge in [-0.3, -0.25) is 0 Å². The number of hydrogen-bond donors (Lipinski definition) is 1. The molecular formula is C16H29NOS. The lowest BCUT2D eigenvalue weighted by Gasteiger charge is -2.07. The zero-order chi connectivity index (χ0) is 13.8.